The molecule has 0 aliphatic rings. The summed E-state index contributed by atoms with van der Waals surface area (Å²) in [6.07, 6.45) is 1.54. The Balaban J connectivity index is 1.85. The highest BCUT2D eigenvalue weighted by Gasteiger charge is 2.10. The minimum Gasteiger partial charge on any atom is -0.423 e. The number of hydrogen-bond acceptors (Lipinski definition) is 3. The molecular weight excluding hydrogens is 365 g/mol. The molecule has 0 aromatic heterocycles. The van der Waals surface area contributed by atoms with Crippen LogP contribution in [0.1, 0.15) is 21.5 Å². The van der Waals surface area contributed by atoms with Crippen LogP contribution in [-0.2, 0) is 0 Å². The Morgan fingerprint density at radius 3 is 2.48 bits per heavy atom. The topological polar surface area (TPSA) is 50.1 Å². The van der Waals surface area contributed by atoms with E-state index < -0.39 is 11.8 Å². The Labute approximate surface area is 160 Å². The van der Waals surface area contributed by atoms with Gasteiger partial charge in [-0.05, 0) is 54.1 Å². The lowest BCUT2D eigenvalue weighted by atomic mass is 10.0. The van der Waals surface area contributed by atoms with Gasteiger partial charge in [0.25, 0.3) is 0 Å². The maximum atomic E-state index is 13.9. The highest BCUT2D eigenvalue weighted by atomic mass is 35.5. The molecule has 3 aromatic carbocycles. The maximum absolute atomic E-state index is 13.9. The van der Waals surface area contributed by atoms with E-state index in [0.717, 1.165) is 0 Å². The third kappa shape index (κ3) is 4.60. The van der Waals surface area contributed by atoms with Gasteiger partial charge in [-0.15, -0.1) is 0 Å². The lowest BCUT2D eigenvalue weighted by Gasteiger charge is -2.06. The van der Waals surface area contributed by atoms with Crippen LogP contribution in [0.3, 0.4) is 0 Å². The highest BCUT2D eigenvalue weighted by Crippen LogP contribution is 2.23. The number of nitriles is 1. The zero-order chi connectivity index (χ0) is 19.2. The van der Waals surface area contributed by atoms with Crippen molar-refractivity contribution in [3.05, 3.63) is 100 Å². The molecule has 5 heteroatoms. The Morgan fingerprint density at radius 2 is 1.78 bits per heavy atom. The number of rotatable bonds is 4. The zero-order valence-corrected chi connectivity index (χ0v) is 14.8. The number of carbonyl (C=O) groups excluding carboxylic acids is 1. The maximum Gasteiger partial charge on any atom is 0.343 e. The molecule has 132 valence electrons. The quantitative estimate of drug-likeness (QED) is 0.251. The van der Waals surface area contributed by atoms with Crippen LogP contribution in [0.25, 0.3) is 11.6 Å². The molecule has 0 bridgehead atoms. The average Bonchev–Trinajstić information content (AvgIpc) is 2.67. The molecule has 0 spiro atoms. The normalized spacial score (nSPS) is 10.9. The molecule has 0 fully saturated rings. The number of hydrogen-bond donors (Lipinski definition) is 0. The van der Waals surface area contributed by atoms with Gasteiger partial charge >= 0.3 is 5.97 Å². The summed E-state index contributed by atoms with van der Waals surface area (Å²) in [5.74, 6) is -0.687. The molecule has 3 rings (SSSR count). The molecule has 0 aliphatic heterocycles. The van der Waals surface area contributed by atoms with Crippen LogP contribution < -0.4 is 4.74 Å². The van der Waals surface area contributed by atoms with Crippen LogP contribution in [0.2, 0.25) is 5.02 Å². The summed E-state index contributed by atoms with van der Waals surface area (Å²) in [6, 6.07) is 21.0. The van der Waals surface area contributed by atoms with Crippen LogP contribution in [0.4, 0.5) is 4.39 Å². The molecular formula is C22H13ClFNO2. The molecule has 0 unspecified atom stereocenters. The lowest BCUT2D eigenvalue weighted by Crippen LogP contribution is -2.08. The van der Waals surface area contributed by atoms with E-state index in [9.17, 15) is 14.4 Å². The second-order valence-electron chi connectivity index (χ2n) is 5.62. The zero-order valence-electron chi connectivity index (χ0n) is 14.0. The van der Waals surface area contributed by atoms with Gasteiger partial charge in [-0.2, -0.15) is 5.26 Å². The second-order valence-corrected chi connectivity index (χ2v) is 6.06. The van der Waals surface area contributed by atoms with Gasteiger partial charge in [0.05, 0.1) is 17.2 Å². The molecule has 0 saturated heterocycles. The van der Waals surface area contributed by atoms with Crippen molar-refractivity contribution in [2.45, 2.75) is 0 Å². The molecule has 3 aromatic rings. The minimum absolute atomic E-state index is 0.175. The van der Waals surface area contributed by atoms with Crippen molar-refractivity contribution in [2.75, 3.05) is 0 Å². The van der Waals surface area contributed by atoms with E-state index in [1.165, 1.54) is 18.2 Å². The summed E-state index contributed by atoms with van der Waals surface area (Å²) in [5, 5.41) is 9.89. The predicted molar refractivity (Wildman–Crippen MR) is 103 cm³/mol. The Kier molecular flexibility index (Phi) is 5.65. The van der Waals surface area contributed by atoms with Gasteiger partial charge in [0.15, 0.2) is 0 Å². The Morgan fingerprint density at radius 1 is 1.04 bits per heavy atom. The molecule has 0 saturated carbocycles. The first-order valence-electron chi connectivity index (χ1n) is 8.01. The standard InChI is InChI=1S/C22H13ClFNO2/c23-18-10-8-16(9-11-18)22(26)27-19-5-3-4-15(13-19)12-17(14-25)20-6-1-2-7-21(20)24/h1-13H/b17-12-. The lowest BCUT2D eigenvalue weighted by molar-refractivity contribution is 0.0735. The summed E-state index contributed by atoms with van der Waals surface area (Å²) in [4.78, 5) is 12.2. The van der Waals surface area contributed by atoms with Crippen LogP contribution in [0, 0.1) is 17.1 Å². The molecule has 0 atom stereocenters. The van der Waals surface area contributed by atoms with E-state index in [2.05, 4.69) is 0 Å². The van der Waals surface area contributed by atoms with E-state index in [4.69, 9.17) is 16.3 Å². The SMILES string of the molecule is N#C/C(=C/c1cccc(OC(=O)c2ccc(Cl)cc2)c1)c1ccccc1F. The number of allylic oxidation sites excluding steroid dienone is 1. The molecule has 0 N–H and O–H groups in total. The van der Waals surface area contributed by atoms with Crippen molar-refractivity contribution in [3.8, 4) is 11.8 Å². The van der Waals surface area contributed by atoms with E-state index in [1.54, 1.807) is 60.7 Å². The number of ether oxygens (including phenoxy) is 1. The molecule has 27 heavy (non-hydrogen) atoms. The van der Waals surface area contributed by atoms with E-state index in [1.807, 2.05) is 6.07 Å². The van der Waals surface area contributed by atoms with Crippen LogP contribution >= 0.6 is 11.6 Å². The second kappa shape index (κ2) is 8.31. The van der Waals surface area contributed by atoms with Gasteiger partial charge in [-0.1, -0.05) is 41.9 Å². The summed E-state index contributed by atoms with van der Waals surface area (Å²) >= 11 is 5.81. The van der Waals surface area contributed by atoms with Crippen molar-refractivity contribution in [3.63, 3.8) is 0 Å². The van der Waals surface area contributed by atoms with Crippen molar-refractivity contribution >= 4 is 29.2 Å². The fraction of sp³-hybridized carbons (Fsp3) is 0. The van der Waals surface area contributed by atoms with Crippen molar-refractivity contribution in [1.82, 2.24) is 0 Å². The monoisotopic (exact) mass is 377 g/mol. The smallest absolute Gasteiger partial charge is 0.343 e. The summed E-state index contributed by atoms with van der Waals surface area (Å²) in [5.41, 5.74) is 1.36. The van der Waals surface area contributed by atoms with Gasteiger partial charge in [0.2, 0.25) is 0 Å². The number of nitrogens with zero attached hydrogens (tertiary/aromatic N) is 1. The Bertz CT molecular complexity index is 1050. The van der Waals surface area contributed by atoms with Gasteiger partial charge in [-0.3, -0.25) is 0 Å². The van der Waals surface area contributed by atoms with Gasteiger partial charge in [-0.25, -0.2) is 9.18 Å². The van der Waals surface area contributed by atoms with Crippen molar-refractivity contribution in [1.29, 1.82) is 5.26 Å². The predicted octanol–water partition coefficient (Wildman–Crippen LogP) is 5.76. The van der Waals surface area contributed by atoms with Crippen molar-refractivity contribution < 1.29 is 13.9 Å². The number of halogens is 2. The first-order chi connectivity index (χ1) is 13.1. The van der Waals surface area contributed by atoms with E-state index >= 15 is 0 Å². The summed E-state index contributed by atoms with van der Waals surface area (Å²) in [7, 11) is 0. The number of carbonyl (C=O) groups is 1. The highest BCUT2D eigenvalue weighted by molar-refractivity contribution is 6.30. The van der Waals surface area contributed by atoms with Crippen LogP contribution in [0.5, 0.6) is 5.75 Å². The van der Waals surface area contributed by atoms with E-state index in [0.29, 0.717) is 21.9 Å². The summed E-state index contributed by atoms with van der Waals surface area (Å²) < 4.78 is 19.3. The van der Waals surface area contributed by atoms with Gasteiger partial charge in [0.1, 0.15) is 11.6 Å². The molecule has 0 heterocycles. The largest absolute Gasteiger partial charge is 0.423 e. The van der Waals surface area contributed by atoms with Gasteiger partial charge < -0.3 is 4.74 Å². The molecule has 0 amide bonds. The first-order valence-corrected chi connectivity index (χ1v) is 8.39. The first kappa shape index (κ1) is 18.4. The fourth-order valence-corrected chi connectivity index (χ4v) is 2.56. The molecule has 3 nitrogen and oxygen atoms in total. The Hall–Kier alpha value is -3.42. The third-order valence-electron chi connectivity index (χ3n) is 3.74. The minimum atomic E-state index is -0.526. The third-order valence-corrected chi connectivity index (χ3v) is 4.00. The van der Waals surface area contributed by atoms with Gasteiger partial charge in [0, 0.05) is 10.6 Å². The van der Waals surface area contributed by atoms with Crippen LogP contribution in [0.15, 0.2) is 72.8 Å². The van der Waals surface area contributed by atoms with E-state index in [-0.39, 0.29) is 11.1 Å². The number of benzene rings is 3. The summed E-state index contributed by atoms with van der Waals surface area (Å²) in [6.45, 7) is 0. The molecule has 0 radical (unpaired) electrons. The van der Waals surface area contributed by atoms with Crippen LogP contribution in [-0.4, -0.2) is 5.97 Å². The fourth-order valence-electron chi connectivity index (χ4n) is 2.44. The van der Waals surface area contributed by atoms with Crippen molar-refractivity contribution in [2.24, 2.45) is 0 Å². The average molecular weight is 378 g/mol. The number of esters is 1. The molecule has 0 aliphatic carbocycles.